The topological polar surface area (TPSA) is 82.6 Å². The van der Waals surface area contributed by atoms with Crippen molar-refractivity contribution in [1.82, 2.24) is 9.97 Å². The fourth-order valence-corrected chi connectivity index (χ4v) is 2.81. The summed E-state index contributed by atoms with van der Waals surface area (Å²) < 4.78 is 5.37. The average molecular weight is 370 g/mol. The number of ether oxygens (including phenoxy) is 1. The molecule has 3 rings (SSSR count). The van der Waals surface area contributed by atoms with E-state index in [4.69, 9.17) is 4.74 Å². The lowest BCUT2D eigenvalue weighted by Crippen LogP contribution is -2.37. The molecule has 1 aliphatic rings. The molecule has 2 aromatic rings. The van der Waals surface area contributed by atoms with Crippen LogP contribution in [0, 0.1) is 13.8 Å². The Balaban J connectivity index is 1.74. The summed E-state index contributed by atoms with van der Waals surface area (Å²) in [6, 6.07) is 5.48. The number of nitrogens with zero attached hydrogens (tertiary/aromatic N) is 4. The van der Waals surface area contributed by atoms with Crippen LogP contribution < -0.4 is 20.4 Å². The summed E-state index contributed by atoms with van der Waals surface area (Å²) >= 11 is 0. The van der Waals surface area contributed by atoms with E-state index >= 15 is 0 Å². The SMILES string of the molecule is Cc1ccc(NC(=O)Nc2cnc(N3CCOCC3)nc2N(C)C)cc1C. The second-order valence-electron chi connectivity index (χ2n) is 6.78. The standard InChI is InChI=1S/C19H26N6O2/c1-13-5-6-15(11-14(13)2)21-19(26)22-16-12-20-18(23-17(16)24(3)4)25-7-9-27-10-8-25/h5-6,11-12H,7-10H2,1-4H3,(H2,21,22,26). The van der Waals surface area contributed by atoms with Crippen molar-refractivity contribution in [2.75, 3.05) is 60.8 Å². The van der Waals surface area contributed by atoms with Crippen LogP contribution >= 0.6 is 0 Å². The van der Waals surface area contributed by atoms with Crippen LogP contribution in [-0.2, 0) is 4.74 Å². The van der Waals surface area contributed by atoms with Crippen LogP contribution in [-0.4, -0.2) is 56.4 Å². The van der Waals surface area contributed by atoms with Gasteiger partial charge in [-0.1, -0.05) is 6.07 Å². The zero-order chi connectivity index (χ0) is 19.4. The molecule has 8 heteroatoms. The van der Waals surface area contributed by atoms with E-state index in [9.17, 15) is 4.79 Å². The number of morpholine rings is 1. The Hall–Kier alpha value is -2.87. The molecular formula is C19H26N6O2. The Morgan fingerprint density at radius 1 is 1.15 bits per heavy atom. The number of carbonyl (C=O) groups excluding carboxylic acids is 1. The third kappa shape index (κ3) is 4.65. The first-order valence-electron chi connectivity index (χ1n) is 8.96. The van der Waals surface area contributed by atoms with Crippen molar-refractivity contribution in [3.8, 4) is 0 Å². The lowest BCUT2D eigenvalue weighted by molar-refractivity contribution is 0.122. The van der Waals surface area contributed by atoms with E-state index in [1.807, 2.05) is 51.0 Å². The highest BCUT2D eigenvalue weighted by molar-refractivity contribution is 6.01. The van der Waals surface area contributed by atoms with Gasteiger partial charge in [0, 0.05) is 32.9 Å². The maximum Gasteiger partial charge on any atom is 0.323 e. The van der Waals surface area contributed by atoms with Gasteiger partial charge in [-0.3, -0.25) is 0 Å². The second kappa shape index (κ2) is 8.22. The van der Waals surface area contributed by atoms with Crippen molar-refractivity contribution in [1.29, 1.82) is 0 Å². The molecule has 0 unspecified atom stereocenters. The molecule has 1 aromatic heterocycles. The third-order valence-corrected chi connectivity index (χ3v) is 4.49. The molecule has 1 saturated heterocycles. The molecule has 0 aliphatic carbocycles. The van der Waals surface area contributed by atoms with Gasteiger partial charge in [0.1, 0.15) is 5.69 Å². The summed E-state index contributed by atoms with van der Waals surface area (Å²) in [7, 11) is 3.77. The van der Waals surface area contributed by atoms with Crippen molar-refractivity contribution in [2.45, 2.75) is 13.8 Å². The van der Waals surface area contributed by atoms with Crippen LogP contribution in [0.1, 0.15) is 11.1 Å². The van der Waals surface area contributed by atoms with Crippen LogP contribution in [0.4, 0.5) is 27.9 Å². The van der Waals surface area contributed by atoms with Crippen LogP contribution in [0.3, 0.4) is 0 Å². The number of amides is 2. The molecule has 1 aromatic carbocycles. The molecule has 27 heavy (non-hydrogen) atoms. The highest BCUT2D eigenvalue weighted by Gasteiger charge is 2.18. The summed E-state index contributed by atoms with van der Waals surface area (Å²) in [6.45, 7) is 6.90. The number of benzene rings is 1. The number of hydrogen-bond donors (Lipinski definition) is 2. The van der Waals surface area contributed by atoms with Gasteiger partial charge < -0.3 is 25.2 Å². The van der Waals surface area contributed by atoms with Gasteiger partial charge in [0.2, 0.25) is 5.95 Å². The Morgan fingerprint density at radius 2 is 1.89 bits per heavy atom. The summed E-state index contributed by atoms with van der Waals surface area (Å²) in [4.78, 5) is 25.4. The van der Waals surface area contributed by atoms with Gasteiger partial charge in [-0.15, -0.1) is 0 Å². The van der Waals surface area contributed by atoms with E-state index in [0.29, 0.717) is 30.7 Å². The molecule has 0 spiro atoms. The quantitative estimate of drug-likeness (QED) is 0.861. The Morgan fingerprint density at radius 3 is 2.56 bits per heavy atom. The highest BCUT2D eigenvalue weighted by Crippen LogP contribution is 2.24. The molecule has 2 amide bonds. The molecule has 8 nitrogen and oxygen atoms in total. The minimum Gasteiger partial charge on any atom is -0.378 e. The molecule has 1 aliphatic heterocycles. The molecule has 2 heterocycles. The molecule has 1 fully saturated rings. The average Bonchev–Trinajstić information content (AvgIpc) is 2.65. The van der Waals surface area contributed by atoms with Gasteiger partial charge in [-0.05, 0) is 37.1 Å². The van der Waals surface area contributed by atoms with Gasteiger partial charge in [-0.2, -0.15) is 4.98 Å². The first kappa shape index (κ1) is 18.9. The maximum atomic E-state index is 12.4. The zero-order valence-electron chi connectivity index (χ0n) is 16.2. The lowest BCUT2D eigenvalue weighted by Gasteiger charge is -2.28. The van der Waals surface area contributed by atoms with E-state index in [2.05, 4.69) is 25.5 Å². The van der Waals surface area contributed by atoms with Crippen molar-refractivity contribution < 1.29 is 9.53 Å². The normalized spacial score (nSPS) is 14.0. The van der Waals surface area contributed by atoms with Crippen LogP contribution in [0.15, 0.2) is 24.4 Å². The third-order valence-electron chi connectivity index (χ3n) is 4.49. The van der Waals surface area contributed by atoms with Crippen LogP contribution in [0.5, 0.6) is 0 Å². The monoisotopic (exact) mass is 370 g/mol. The number of urea groups is 1. The van der Waals surface area contributed by atoms with Gasteiger partial charge in [0.25, 0.3) is 0 Å². The van der Waals surface area contributed by atoms with Gasteiger partial charge in [-0.25, -0.2) is 9.78 Å². The smallest absolute Gasteiger partial charge is 0.323 e. The fourth-order valence-electron chi connectivity index (χ4n) is 2.81. The number of anilines is 4. The molecule has 0 saturated carbocycles. The Kier molecular flexibility index (Phi) is 5.75. The summed E-state index contributed by atoms with van der Waals surface area (Å²) in [6.07, 6.45) is 1.65. The highest BCUT2D eigenvalue weighted by atomic mass is 16.5. The lowest BCUT2D eigenvalue weighted by atomic mass is 10.1. The van der Waals surface area contributed by atoms with Crippen molar-refractivity contribution in [3.05, 3.63) is 35.5 Å². The summed E-state index contributed by atoms with van der Waals surface area (Å²) in [5.41, 5.74) is 3.61. The zero-order valence-corrected chi connectivity index (χ0v) is 16.2. The largest absolute Gasteiger partial charge is 0.378 e. The van der Waals surface area contributed by atoms with Gasteiger partial charge >= 0.3 is 6.03 Å². The fraction of sp³-hybridized carbons (Fsp3) is 0.421. The van der Waals surface area contributed by atoms with Crippen molar-refractivity contribution >= 4 is 29.2 Å². The Labute approximate surface area is 159 Å². The molecular weight excluding hydrogens is 344 g/mol. The van der Waals surface area contributed by atoms with E-state index in [0.717, 1.165) is 24.3 Å². The van der Waals surface area contributed by atoms with Crippen LogP contribution in [0.2, 0.25) is 0 Å². The summed E-state index contributed by atoms with van der Waals surface area (Å²) in [5.74, 6) is 1.30. The molecule has 144 valence electrons. The minimum absolute atomic E-state index is 0.330. The second-order valence-corrected chi connectivity index (χ2v) is 6.78. The number of aryl methyl sites for hydroxylation is 2. The Bertz CT molecular complexity index is 818. The molecule has 0 atom stereocenters. The van der Waals surface area contributed by atoms with E-state index in [-0.39, 0.29) is 6.03 Å². The maximum absolute atomic E-state index is 12.4. The molecule has 0 bridgehead atoms. The predicted octanol–water partition coefficient (Wildman–Crippen LogP) is 2.64. The number of nitrogens with one attached hydrogen (secondary N) is 2. The van der Waals surface area contributed by atoms with Crippen LogP contribution in [0.25, 0.3) is 0 Å². The number of aromatic nitrogens is 2. The number of hydrogen-bond acceptors (Lipinski definition) is 6. The van der Waals surface area contributed by atoms with Crippen molar-refractivity contribution in [2.24, 2.45) is 0 Å². The van der Waals surface area contributed by atoms with E-state index < -0.39 is 0 Å². The molecule has 2 N–H and O–H groups in total. The first-order valence-corrected chi connectivity index (χ1v) is 8.96. The number of rotatable bonds is 4. The van der Waals surface area contributed by atoms with E-state index in [1.54, 1.807) is 6.20 Å². The van der Waals surface area contributed by atoms with Gasteiger partial charge in [0.15, 0.2) is 5.82 Å². The first-order chi connectivity index (χ1) is 12.9. The minimum atomic E-state index is -0.330. The van der Waals surface area contributed by atoms with E-state index in [1.165, 1.54) is 5.56 Å². The predicted molar refractivity (Wildman–Crippen MR) is 108 cm³/mol. The molecule has 0 radical (unpaired) electrons. The van der Waals surface area contributed by atoms with Crippen molar-refractivity contribution in [3.63, 3.8) is 0 Å². The van der Waals surface area contributed by atoms with Gasteiger partial charge in [0.05, 0.1) is 19.4 Å². The number of carbonyl (C=O) groups is 1. The summed E-state index contributed by atoms with van der Waals surface area (Å²) in [5, 5.41) is 5.70.